The van der Waals surface area contributed by atoms with Crippen LogP contribution < -0.4 is 15.8 Å². The van der Waals surface area contributed by atoms with Gasteiger partial charge in [0.25, 0.3) is 0 Å². The molecule has 0 atom stereocenters. The molecule has 25 heavy (non-hydrogen) atoms. The molecule has 0 spiro atoms. The second kappa shape index (κ2) is 9.19. The monoisotopic (exact) mass is 360 g/mol. The first-order valence-corrected chi connectivity index (χ1v) is 9.71. The second-order valence-corrected chi connectivity index (χ2v) is 7.11. The molecule has 2 aromatic rings. The van der Waals surface area contributed by atoms with Crippen molar-refractivity contribution in [1.82, 2.24) is 10.6 Å². The number of sulfonamides is 1. The standard InChI is InChI=1S/C18H24N4O2S/c1-2-20-18(22-14-16-6-4-3-5-7-16)21-13-12-15-8-10-17(11-9-15)25(19,23)24/h3-11H,2,12-14H2,1H3,(H2,19,23,24)(H2,20,21,22). The molecule has 0 aromatic heterocycles. The highest BCUT2D eigenvalue weighted by atomic mass is 32.2. The zero-order valence-corrected chi connectivity index (χ0v) is 15.1. The van der Waals surface area contributed by atoms with Crippen LogP contribution in [0.3, 0.4) is 0 Å². The molecule has 0 saturated carbocycles. The Morgan fingerprint density at radius 2 is 1.68 bits per heavy atom. The number of guanidine groups is 1. The quantitative estimate of drug-likeness (QED) is 0.516. The first-order valence-electron chi connectivity index (χ1n) is 8.17. The largest absolute Gasteiger partial charge is 0.357 e. The van der Waals surface area contributed by atoms with Gasteiger partial charge >= 0.3 is 0 Å². The molecule has 0 aliphatic rings. The van der Waals surface area contributed by atoms with Gasteiger partial charge in [-0.2, -0.15) is 0 Å². The second-order valence-electron chi connectivity index (χ2n) is 5.55. The summed E-state index contributed by atoms with van der Waals surface area (Å²) < 4.78 is 22.5. The number of aliphatic imine (C=N–C) groups is 1. The van der Waals surface area contributed by atoms with Gasteiger partial charge in [0.05, 0.1) is 11.4 Å². The molecule has 0 fully saturated rings. The van der Waals surface area contributed by atoms with Crippen LogP contribution in [0.2, 0.25) is 0 Å². The van der Waals surface area contributed by atoms with Gasteiger partial charge in [-0.05, 0) is 36.6 Å². The van der Waals surface area contributed by atoms with Crippen LogP contribution in [-0.4, -0.2) is 27.5 Å². The molecule has 0 unspecified atom stereocenters. The summed E-state index contributed by atoms with van der Waals surface area (Å²) in [6, 6.07) is 16.7. The summed E-state index contributed by atoms with van der Waals surface area (Å²) in [5.74, 6) is 0.757. The number of benzene rings is 2. The molecule has 134 valence electrons. The minimum Gasteiger partial charge on any atom is -0.357 e. The first-order chi connectivity index (χ1) is 12.0. The molecule has 4 N–H and O–H groups in total. The molecule has 0 amide bonds. The van der Waals surface area contributed by atoms with E-state index in [0.717, 1.165) is 30.1 Å². The number of hydrogen-bond donors (Lipinski definition) is 3. The average molecular weight is 360 g/mol. The first kappa shape index (κ1) is 19.0. The van der Waals surface area contributed by atoms with Crippen molar-refractivity contribution in [3.05, 3.63) is 65.7 Å². The van der Waals surface area contributed by atoms with Crippen molar-refractivity contribution < 1.29 is 8.42 Å². The Bertz CT molecular complexity index is 788. The molecule has 6 nitrogen and oxygen atoms in total. The van der Waals surface area contributed by atoms with Crippen LogP contribution in [0, 0.1) is 0 Å². The van der Waals surface area contributed by atoms with E-state index in [0.29, 0.717) is 13.1 Å². The third-order valence-electron chi connectivity index (χ3n) is 3.56. The van der Waals surface area contributed by atoms with E-state index in [9.17, 15) is 8.42 Å². The summed E-state index contributed by atoms with van der Waals surface area (Å²) in [5, 5.41) is 11.6. The minimum absolute atomic E-state index is 0.127. The van der Waals surface area contributed by atoms with Gasteiger partial charge in [0, 0.05) is 13.1 Å². The average Bonchev–Trinajstić information content (AvgIpc) is 2.60. The van der Waals surface area contributed by atoms with E-state index in [1.165, 1.54) is 12.1 Å². The van der Waals surface area contributed by atoms with Gasteiger partial charge in [-0.15, -0.1) is 0 Å². The Kier molecular flexibility index (Phi) is 6.97. The highest BCUT2D eigenvalue weighted by Gasteiger charge is 2.06. The predicted octanol–water partition coefficient (Wildman–Crippen LogP) is 1.63. The van der Waals surface area contributed by atoms with E-state index in [2.05, 4.69) is 15.6 Å². The van der Waals surface area contributed by atoms with Crippen molar-refractivity contribution in [1.29, 1.82) is 0 Å². The fourth-order valence-electron chi connectivity index (χ4n) is 2.27. The van der Waals surface area contributed by atoms with Crippen molar-refractivity contribution in [2.24, 2.45) is 10.1 Å². The summed E-state index contributed by atoms with van der Waals surface area (Å²) in [6.07, 6.45) is 0.751. The van der Waals surface area contributed by atoms with E-state index >= 15 is 0 Å². The number of nitrogens with two attached hydrogens (primary N) is 1. The predicted molar refractivity (Wildman–Crippen MR) is 101 cm³/mol. The van der Waals surface area contributed by atoms with Gasteiger partial charge in [-0.25, -0.2) is 18.5 Å². The third-order valence-corrected chi connectivity index (χ3v) is 4.49. The maximum absolute atomic E-state index is 11.2. The van der Waals surface area contributed by atoms with Crippen molar-refractivity contribution in [2.75, 3.05) is 13.1 Å². The van der Waals surface area contributed by atoms with Crippen molar-refractivity contribution in [2.45, 2.75) is 24.8 Å². The van der Waals surface area contributed by atoms with E-state index < -0.39 is 10.0 Å². The van der Waals surface area contributed by atoms with Gasteiger partial charge in [0.1, 0.15) is 0 Å². The number of primary sulfonamides is 1. The number of nitrogens with one attached hydrogen (secondary N) is 2. The van der Waals surface area contributed by atoms with Crippen LogP contribution in [0.4, 0.5) is 0 Å². The van der Waals surface area contributed by atoms with Gasteiger partial charge in [-0.1, -0.05) is 42.5 Å². The van der Waals surface area contributed by atoms with Crippen LogP contribution in [0.1, 0.15) is 18.1 Å². The molecular formula is C18H24N4O2S. The van der Waals surface area contributed by atoms with Crippen molar-refractivity contribution >= 4 is 16.0 Å². The van der Waals surface area contributed by atoms with Crippen molar-refractivity contribution in [3.8, 4) is 0 Å². The molecular weight excluding hydrogens is 336 g/mol. The number of hydrogen-bond acceptors (Lipinski definition) is 3. The fraction of sp³-hybridized carbons (Fsp3) is 0.278. The van der Waals surface area contributed by atoms with Crippen LogP contribution in [-0.2, 0) is 23.0 Å². The molecule has 0 aliphatic carbocycles. The van der Waals surface area contributed by atoms with Gasteiger partial charge in [0.2, 0.25) is 10.0 Å². The number of rotatable bonds is 7. The minimum atomic E-state index is -3.64. The Morgan fingerprint density at radius 3 is 2.28 bits per heavy atom. The highest BCUT2D eigenvalue weighted by Crippen LogP contribution is 2.08. The molecule has 0 bridgehead atoms. The summed E-state index contributed by atoms with van der Waals surface area (Å²) in [7, 11) is -3.64. The normalized spacial score (nSPS) is 12.0. The maximum atomic E-state index is 11.2. The van der Waals surface area contributed by atoms with E-state index in [1.807, 2.05) is 37.3 Å². The van der Waals surface area contributed by atoms with Crippen LogP contribution in [0.25, 0.3) is 0 Å². The lowest BCUT2D eigenvalue weighted by Crippen LogP contribution is -2.38. The Morgan fingerprint density at radius 1 is 1.00 bits per heavy atom. The van der Waals surface area contributed by atoms with E-state index in [1.54, 1.807) is 12.1 Å². The Balaban J connectivity index is 1.88. The fourth-order valence-corrected chi connectivity index (χ4v) is 2.78. The summed E-state index contributed by atoms with van der Waals surface area (Å²) in [5.41, 5.74) is 2.18. The van der Waals surface area contributed by atoms with E-state index in [-0.39, 0.29) is 4.90 Å². The van der Waals surface area contributed by atoms with Gasteiger partial charge in [0.15, 0.2) is 5.96 Å². The summed E-state index contributed by atoms with van der Waals surface area (Å²) in [6.45, 7) is 4.10. The third kappa shape index (κ3) is 6.56. The highest BCUT2D eigenvalue weighted by molar-refractivity contribution is 7.89. The molecule has 0 heterocycles. The topological polar surface area (TPSA) is 96.6 Å². The Hall–Kier alpha value is -2.38. The smallest absolute Gasteiger partial charge is 0.238 e. The lowest BCUT2D eigenvalue weighted by atomic mass is 10.1. The molecule has 0 radical (unpaired) electrons. The number of nitrogens with zero attached hydrogens (tertiary/aromatic N) is 1. The summed E-state index contributed by atoms with van der Waals surface area (Å²) in [4.78, 5) is 4.69. The molecule has 7 heteroatoms. The van der Waals surface area contributed by atoms with Gasteiger partial charge < -0.3 is 10.6 Å². The van der Waals surface area contributed by atoms with Crippen LogP contribution >= 0.6 is 0 Å². The SMILES string of the molecule is CCNC(=NCc1ccccc1)NCCc1ccc(S(N)(=O)=O)cc1. The maximum Gasteiger partial charge on any atom is 0.238 e. The molecule has 0 aliphatic heterocycles. The zero-order valence-electron chi connectivity index (χ0n) is 14.3. The lowest BCUT2D eigenvalue weighted by molar-refractivity contribution is 0.598. The van der Waals surface area contributed by atoms with Crippen molar-refractivity contribution in [3.63, 3.8) is 0 Å². The zero-order chi connectivity index (χ0) is 18.1. The molecule has 2 aromatic carbocycles. The van der Waals surface area contributed by atoms with Crippen LogP contribution in [0.5, 0.6) is 0 Å². The van der Waals surface area contributed by atoms with Gasteiger partial charge in [-0.3, -0.25) is 0 Å². The Labute approximate surface area is 149 Å². The molecule has 2 rings (SSSR count). The lowest BCUT2D eigenvalue weighted by Gasteiger charge is -2.11. The molecule has 0 saturated heterocycles. The van der Waals surface area contributed by atoms with E-state index in [4.69, 9.17) is 5.14 Å². The van der Waals surface area contributed by atoms with Crippen LogP contribution in [0.15, 0.2) is 64.5 Å². The summed E-state index contributed by atoms with van der Waals surface area (Å²) >= 11 is 0.